The van der Waals surface area contributed by atoms with Crippen molar-refractivity contribution in [3.05, 3.63) is 34.1 Å². The molecule has 23 heavy (non-hydrogen) atoms. The zero-order chi connectivity index (χ0) is 17.4. The van der Waals surface area contributed by atoms with Gasteiger partial charge in [-0.3, -0.25) is 4.79 Å². The molecule has 0 heterocycles. The number of benzene rings is 1. The Kier molecular flexibility index (Phi) is 8.13. The molecule has 2 N–H and O–H groups in total. The molecule has 0 saturated heterocycles. The molecule has 0 atom stereocenters. The average molecular weight is 329 g/mol. The topological polar surface area (TPSA) is 43.1 Å². The van der Waals surface area contributed by atoms with E-state index in [0.29, 0.717) is 12.8 Å². The molecule has 2 nitrogen and oxygen atoms in total. The number of rotatable bonds is 10. The molecule has 0 aliphatic rings. The Hall–Kier alpha value is -1.52. The summed E-state index contributed by atoms with van der Waals surface area (Å²) in [6.45, 7) is 3.52. The Morgan fingerprint density at radius 3 is 1.91 bits per heavy atom. The molecule has 1 aromatic carbocycles. The van der Waals surface area contributed by atoms with Crippen molar-refractivity contribution in [3.63, 3.8) is 0 Å². The van der Waals surface area contributed by atoms with Crippen LogP contribution < -0.4 is 5.73 Å². The van der Waals surface area contributed by atoms with E-state index in [1.54, 1.807) is 0 Å². The van der Waals surface area contributed by atoms with E-state index in [4.69, 9.17) is 5.73 Å². The third kappa shape index (κ3) is 5.26. The maximum absolute atomic E-state index is 13.8. The maximum atomic E-state index is 13.8. The van der Waals surface area contributed by atoms with Crippen LogP contribution in [0.25, 0.3) is 0 Å². The summed E-state index contributed by atoms with van der Waals surface area (Å²) in [4.78, 5) is 11.4. The predicted molar refractivity (Wildman–Crippen MR) is 85.9 cm³/mol. The van der Waals surface area contributed by atoms with E-state index in [2.05, 4.69) is 6.92 Å². The standard InChI is InChI=1S/C18H26F3NO/c1-3-4-5-6-7-8-9-10-11-13-12(2)15(19)17(21)16(20)14(13)18(22)23/h3-11H2,1-2H3,(H2,22,23). The van der Waals surface area contributed by atoms with Crippen molar-refractivity contribution in [2.75, 3.05) is 0 Å². The predicted octanol–water partition coefficient (Wildman–Crippen LogP) is 5.19. The third-order valence-electron chi connectivity index (χ3n) is 4.22. The molecular formula is C18H26F3NO. The molecule has 1 aromatic rings. The molecule has 1 rings (SSSR count). The Morgan fingerprint density at radius 2 is 1.39 bits per heavy atom. The highest BCUT2D eigenvalue weighted by atomic mass is 19.2. The van der Waals surface area contributed by atoms with Gasteiger partial charge in [-0.1, -0.05) is 51.9 Å². The van der Waals surface area contributed by atoms with E-state index in [9.17, 15) is 18.0 Å². The van der Waals surface area contributed by atoms with Gasteiger partial charge in [0.05, 0.1) is 5.56 Å². The minimum Gasteiger partial charge on any atom is -0.365 e. The molecule has 0 aromatic heterocycles. The number of halogens is 3. The van der Waals surface area contributed by atoms with Crippen molar-refractivity contribution in [2.45, 2.75) is 71.6 Å². The van der Waals surface area contributed by atoms with Gasteiger partial charge in [-0.15, -0.1) is 0 Å². The van der Waals surface area contributed by atoms with Gasteiger partial charge in [-0.25, -0.2) is 13.2 Å². The number of hydrogen-bond donors (Lipinski definition) is 1. The van der Waals surface area contributed by atoms with Gasteiger partial charge in [0.2, 0.25) is 0 Å². The van der Waals surface area contributed by atoms with Crippen molar-refractivity contribution >= 4 is 5.91 Å². The molecule has 0 saturated carbocycles. The summed E-state index contributed by atoms with van der Waals surface area (Å²) in [5.41, 5.74) is 4.79. The molecule has 0 radical (unpaired) electrons. The lowest BCUT2D eigenvalue weighted by Gasteiger charge is -2.13. The van der Waals surface area contributed by atoms with E-state index in [0.717, 1.165) is 19.3 Å². The first-order chi connectivity index (χ1) is 10.9. The first-order valence-corrected chi connectivity index (χ1v) is 8.37. The number of unbranched alkanes of at least 4 members (excludes halogenated alkanes) is 7. The van der Waals surface area contributed by atoms with Crippen LogP contribution in [0.2, 0.25) is 0 Å². The molecule has 130 valence electrons. The smallest absolute Gasteiger partial charge is 0.252 e. The van der Waals surface area contributed by atoms with Gasteiger partial charge < -0.3 is 5.73 Å². The van der Waals surface area contributed by atoms with Crippen LogP contribution in [-0.4, -0.2) is 5.91 Å². The quantitative estimate of drug-likeness (QED) is 0.465. The highest BCUT2D eigenvalue weighted by Crippen LogP contribution is 2.26. The lowest BCUT2D eigenvalue weighted by Crippen LogP contribution is -2.19. The molecule has 0 bridgehead atoms. The van der Waals surface area contributed by atoms with Crippen LogP contribution in [0.3, 0.4) is 0 Å². The van der Waals surface area contributed by atoms with Crippen LogP contribution >= 0.6 is 0 Å². The van der Waals surface area contributed by atoms with Crippen molar-refractivity contribution in [3.8, 4) is 0 Å². The second-order valence-electron chi connectivity index (χ2n) is 6.01. The number of primary amides is 1. The number of nitrogens with two attached hydrogens (primary N) is 1. The van der Waals surface area contributed by atoms with E-state index >= 15 is 0 Å². The van der Waals surface area contributed by atoms with E-state index in [1.807, 2.05) is 0 Å². The SMILES string of the molecule is CCCCCCCCCCc1c(C)c(F)c(F)c(F)c1C(N)=O. The lowest BCUT2D eigenvalue weighted by atomic mass is 9.94. The summed E-state index contributed by atoms with van der Waals surface area (Å²) in [5, 5.41) is 0. The Bertz CT molecular complexity index is 544. The monoisotopic (exact) mass is 329 g/mol. The molecule has 0 aliphatic heterocycles. The van der Waals surface area contributed by atoms with Crippen LogP contribution in [-0.2, 0) is 6.42 Å². The van der Waals surface area contributed by atoms with Crippen LogP contribution in [0, 0.1) is 24.4 Å². The van der Waals surface area contributed by atoms with Crippen LogP contribution in [0.1, 0.15) is 79.8 Å². The molecule has 0 aliphatic carbocycles. The van der Waals surface area contributed by atoms with Crippen LogP contribution in [0.4, 0.5) is 13.2 Å². The second kappa shape index (κ2) is 9.58. The van der Waals surface area contributed by atoms with E-state index in [-0.39, 0.29) is 11.1 Å². The Balaban J connectivity index is 2.64. The van der Waals surface area contributed by atoms with Gasteiger partial charge in [-0.05, 0) is 30.9 Å². The minimum atomic E-state index is -1.63. The average Bonchev–Trinajstić information content (AvgIpc) is 2.52. The summed E-state index contributed by atoms with van der Waals surface area (Å²) in [7, 11) is 0. The molecule has 1 amide bonds. The van der Waals surface area contributed by atoms with Gasteiger partial charge in [0.15, 0.2) is 17.5 Å². The van der Waals surface area contributed by atoms with Gasteiger partial charge in [-0.2, -0.15) is 0 Å². The van der Waals surface area contributed by atoms with Gasteiger partial charge in [0, 0.05) is 0 Å². The van der Waals surface area contributed by atoms with Gasteiger partial charge in [0.1, 0.15) is 0 Å². The zero-order valence-corrected chi connectivity index (χ0v) is 14.0. The van der Waals surface area contributed by atoms with E-state index in [1.165, 1.54) is 32.6 Å². The zero-order valence-electron chi connectivity index (χ0n) is 14.0. The lowest BCUT2D eigenvalue weighted by molar-refractivity contribution is 0.0994. The molecule has 0 spiro atoms. The van der Waals surface area contributed by atoms with Crippen molar-refractivity contribution in [2.24, 2.45) is 5.73 Å². The highest BCUT2D eigenvalue weighted by molar-refractivity contribution is 5.95. The third-order valence-corrected chi connectivity index (χ3v) is 4.22. The molecule has 5 heteroatoms. The summed E-state index contributed by atoms with van der Waals surface area (Å²) in [6, 6.07) is 0. The van der Waals surface area contributed by atoms with Crippen LogP contribution in [0.15, 0.2) is 0 Å². The fourth-order valence-corrected chi connectivity index (χ4v) is 2.83. The Morgan fingerprint density at radius 1 is 0.870 bits per heavy atom. The first-order valence-electron chi connectivity index (χ1n) is 8.37. The largest absolute Gasteiger partial charge is 0.365 e. The van der Waals surface area contributed by atoms with E-state index < -0.39 is 28.9 Å². The highest BCUT2D eigenvalue weighted by Gasteiger charge is 2.25. The van der Waals surface area contributed by atoms with Crippen molar-refractivity contribution in [1.82, 2.24) is 0 Å². The summed E-state index contributed by atoms with van der Waals surface area (Å²) in [6.07, 6.45) is 8.98. The van der Waals surface area contributed by atoms with Crippen molar-refractivity contribution < 1.29 is 18.0 Å². The number of carbonyl (C=O) groups is 1. The summed E-state index contributed by atoms with van der Waals surface area (Å²) in [5.74, 6) is -5.40. The summed E-state index contributed by atoms with van der Waals surface area (Å²) >= 11 is 0. The number of hydrogen-bond acceptors (Lipinski definition) is 1. The molecule has 0 fully saturated rings. The normalized spacial score (nSPS) is 11.0. The van der Waals surface area contributed by atoms with Gasteiger partial charge >= 0.3 is 0 Å². The molecular weight excluding hydrogens is 303 g/mol. The summed E-state index contributed by atoms with van der Waals surface area (Å²) < 4.78 is 40.9. The first kappa shape index (κ1) is 19.5. The molecule has 0 unspecified atom stereocenters. The Labute approximate surface area is 136 Å². The fourth-order valence-electron chi connectivity index (χ4n) is 2.83. The minimum absolute atomic E-state index is 0.0272. The number of amides is 1. The number of carbonyl (C=O) groups excluding carboxylic acids is 1. The maximum Gasteiger partial charge on any atom is 0.252 e. The van der Waals surface area contributed by atoms with Crippen LogP contribution in [0.5, 0.6) is 0 Å². The fraction of sp³-hybridized carbons (Fsp3) is 0.611. The van der Waals surface area contributed by atoms with Crippen molar-refractivity contribution in [1.29, 1.82) is 0 Å². The second-order valence-corrected chi connectivity index (χ2v) is 6.01. The van der Waals surface area contributed by atoms with Gasteiger partial charge in [0.25, 0.3) is 5.91 Å².